The Kier molecular flexibility index (Phi) is 10.5. The van der Waals surface area contributed by atoms with Crippen LogP contribution in [0.3, 0.4) is 0 Å². The number of rotatable bonds is 11. The molecule has 0 saturated carbocycles. The molecule has 1 N–H and O–H groups in total. The summed E-state index contributed by atoms with van der Waals surface area (Å²) in [6.45, 7) is 2.79. The highest BCUT2D eigenvalue weighted by atomic mass is 35.5. The van der Waals surface area contributed by atoms with Crippen molar-refractivity contribution in [1.82, 2.24) is 10.2 Å². The Hall–Kier alpha value is -2.53. The van der Waals surface area contributed by atoms with Gasteiger partial charge >= 0.3 is 0 Å². The minimum atomic E-state index is -0.737. The first kappa shape index (κ1) is 27.1. The van der Waals surface area contributed by atoms with E-state index in [2.05, 4.69) is 12.2 Å². The van der Waals surface area contributed by atoms with Crippen LogP contribution in [-0.4, -0.2) is 29.3 Å². The molecule has 0 aliphatic rings. The molecule has 0 saturated heterocycles. The van der Waals surface area contributed by atoms with Gasteiger partial charge in [-0.05, 0) is 41.3 Å². The summed E-state index contributed by atoms with van der Waals surface area (Å²) in [5, 5.41) is 4.37. The normalized spacial score (nSPS) is 11.7. The summed E-state index contributed by atoms with van der Waals surface area (Å²) in [5.74, 6) is -0.459. The fraction of sp³-hybridized carbons (Fsp3) is 0.286. The molecule has 35 heavy (non-hydrogen) atoms. The number of amides is 2. The van der Waals surface area contributed by atoms with Gasteiger partial charge in [0.25, 0.3) is 0 Å². The minimum absolute atomic E-state index is 0.0313. The molecular weight excluding hydrogens is 503 g/mol. The van der Waals surface area contributed by atoms with Gasteiger partial charge in [0.05, 0.1) is 6.42 Å². The molecule has 0 aromatic heterocycles. The predicted molar refractivity (Wildman–Crippen MR) is 144 cm³/mol. The summed E-state index contributed by atoms with van der Waals surface area (Å²) in [6.07, 6.45) is 2.15. The second-order valence-electron chi connectivity index (χ2n) is 8.34. The lowest BCUT2D eigenvalue weighted by atomic mass is 10.0. The zero-order valence-electron chi connectivity index (χ0n) is 19.6. The molecule has 0 heterocycles. The lowest BCUT2D eigenvalue weighted by molar-refractivity contribution is -0.140. The molecule has 0 aliphatic carbocycles. The molecule has 2 amide bonds. The largest absolute Gasteiger partial charge is 0.354 e. The number of halogens is 3. The quantitative estimate of drug-likeness (QED) is 0.278. The number of hydrogen-bond acceptors (Lipinski definition) is 2. The van der Waals surface area contributed by atoms with E-state index in [9.17, 15) is 9.59 Å². The van der Waals surface area contributed by atoms with Gasteiger partial charge < -0.3 is 10.2 Å². The van der Waals surface area contributed by atoms with Crippen molar-refractivity contribution in [2.24, 2.45) is 0 Å². The van der Waals surface area contributed by atoms with Crippen molar-refractivity contribution in [3.8, 4) is 0 Å². The van der Waals surface area contributed by atoms with Crippen molar-refractivity contribution in [1.29, 1.82) is 0 Å². The van der Waals surface area contributed by atoms with Gasteiger partial charge in [0.2, 0.25) is 11.8 Å². The summed E-state index contributed by atoms with van der Waals surface area (Å²) in [4.78, 5) is 28.8. The summed E-state index contributed by atoms with van der Waals surface area (Å²) in [6, 6.07) is 21.4. The van der Waals surface area contributed by atoms with Crippen molar-refractivity contribution >= 4 is 46.6 Å². The first-order valence-electron chi connectivity index (χ1n) is 11.7. The van der Waals surface area contributed by atoms with E-state index in [-0.39, 0.29) is 24.8 Å². The molecular formula is C28H29Cl3N2O2. The molecule has 0 aliphatic heterocycles. The van der Waals surface area contributed by atoms with Gasteiger partial charge in [-0.3, -0.25) is 9.59 Å². The number of nitrogens with one attached hydrogen (secondary N) is 1. The maximum absolute atomic E-state index is 13.8. The third kappa shape index (κ3) is 7.73. The summed E-state index contributed by atoms with van der Waals surface area (Å²) < 4.78 is 0. The molecule has 1 unspecified atom stereocenters. The number of carbonyl (C=O) groups excluding carboxylic acids is 2. The van der Waals surface area contributed by atoms with E-state index >= 15 is 0 Å². The van der Waals surface area contributed by atoms with Crippen molar-refractivity contribution in [2.75, 3.05) is 6.54 Å². The van der Waals surface area contributed by atoms with Crippen LogP contribution in [-0.2, 0) is 29.0 Å². The molecule has 0 radical (unpaired) electrons. The van der Waals surface area contributed by atoms with Gasteiger partial charge in [-0.2, -0.15) is 0 Å². The molecule has 0 bridgehead atoms. The predicted octanol–water partition coefficient (Wildman–Crippen LogP) is 6.75. The van der Waals surface area contributed by atoms with Crippen LogP contribution in [0.1, 0.15) is 36.5 Å². The number of unbranched alkanes of at least 4 members (excludes halogenated alkanes) is 1. The average Bonchev–Trinajstić information content (AvgIpc) is 2.85. The van der Waals surface area contributed by atoms with E-state index in [1.807, 2.05) is 48.5 Å². The van der Waals surface area contributed by atoms with Gasteiger partial charge in [-0.1, -0.05) is 103 Å². The van der Waals surface area contributed by atoms with Crippen molar-refractivity contribution < 1.29 is 9.59 Å². The fourth-order valence-corrected chi connectivity index (χ4v) is 4.55. The number of nitrogens with zero attached hydrogens (tertiary/aromatic N) is 1. The maximum atomic E-state index is 13.8. The highest BCUT2D eigenvalue weighted by Crippen LogP contribution is 2.27. The molecule has 0 fully saturated rings. The molecule has 0 spiro atoms. The topological polar surface area (TPSA) is 49.4 Å². The maximum Gasteiger partial charge on any atom is 0.243 e. The summed E-state index contributed by atoms with van der Waals surface area (Å²) in [5.41, 5.74) is 2.25. The molecule has 3 rings (SSSR count). The summed E-state index contributed by atoms with van der Waals surface area (Å²) in [7, 11) is 0. The van der Waals surface area contributed by atoms with Gasteiger partial charge in [0.15, 0.2) is 0 Å². The average molecular weight is 532 g/mol. The Morgan fingerprint density at radius 2 is 1.49 bits per heavy atom. The van der Waals surface area contributed by atoms with Crippen LogP contribution in [0.2, 0.25) is 15.1 Å². The van der Waals surface area contributed by atoms with E-state index in [0.717, 1.165) is 24.0 Å². The SMILES string of the molecule is CCCCNC(=O)C(Cc1ccccc1)N(Cc1ccccc1Cl)C(=O)Cc1c(Cl)cccc1Cl. The fourth-order valence-electron chi connectivity index (χ4n) is 3.82. The second kappa shape index (κ2) is 13.5. The van der Waals surface area contributed by atoms with Gasteiger partial charge in [0, 0.05) is 34.6 Å². The van der Waals surface area contributed by atoms with Crippen LogP contribution in [0.25, 0.3) is 0 Å². The third-order valence-electron chi connectivity index (χ3n) is 5.79. The molecule has 184 valence electrons. The van der Waals surface area contributed by atoms with Crippen molar-refractivity contribution in [3.63, 3.8) is 0 Å². The van der Waals surface area contributed by atoms with Crippen LogP contribution in [0.4, 0.5) is 0 Å². The van der Waals surface area contributed by atoms with Crippen molar-refractivity contribution in [2.45, 2.75) is 45.2 Å². The summed E-state index contributed by atoms with van der Waals surface area (Å²) >= 11 is 19.2. The standard InChI is InChI=1S/C28H29Cl3N2O2/c1-2-3-16-32-28(35)26(17-20-10-5-4-6-11-20)33(19-21-12-7-8-13-23(21)29)27(34)18-22-24(30)14-9-15-25(22)31/h4-15,26H,2-3,16-19H2,1H3,(H,32,35). The van der Waals surface area contributed by atoms with Crippen molar-refractivity contribution in [3.05, 3.63) is 105 Å². The molecule has 1 atom stereocenters. The van der Waals surface area contributed by atoms with E-state index < -0.39 is 6.04 Å². The number of carbonyl (C=O) groups is 2. The number of benzene rings is 3. The van der Waals surface area contributed by atoms with Gasteiger partial charge in [-0.25, -0.2) is 0 Å². The molecule has 4 nitrogen and oxygen atoms in total. The van der Waals surface area contributed by atoms with Gasteiger partial charge in [-0.15, -0.1) is 0 Å². The highest BCUT2D eigenvalue weighted by molar-refractivity contribution is 6.36. The van der Waals surface area contributed by atoms with Crippen LogP contribution in [0.15, 0.2) is 72.8 Å². The van der Waals surface area contributed by atoms with E-state index in [1.165, 1.54) is 0 Å². The molecule has 7 heteroatoms. The minimum Gasteiger partial charge on any atom is -0.354 e. The monoisotopic (exact) mass is 530 g/mol. The van der Waals surface area contributed by atoms with E-state index in [0.29, 0.717) is 33.6 Å². The Morgan fingerprint density at radius 1 is 0.857 bits per heavy atom. The Morgan fingerprint density at radius 3 is 2.14 bits per heavy atom. The number of hydrogen-bond donors (Lipinski definition) is 1. The third-order valence-corrected chi connectivity index (χ3v) is 6.87. The molecule has 3 aromatic carbocycles. The van der Waals surface area contributed by atoms with Crippen LogP contribution in [0, 0.1) is 0 Å². The molecule has 3 aromatic rings. The van der Waals surface area contributed by atoms with Crippen LogP contribution >= 0.6 is 34.8 Å². The highest BCUT2D eigenvalue weighted by Gasteiger charge is 2.31. The Bertz CT molecular complexity index is 1120. The zero-order valence-corrected chi connectivity index (χ0v) is 21.9. The second-order valence-corrected chi connectivity index (χ2v) is 9.56. The first-order chi connectivity index (χ1) is 16.9. The Balaban J connectivity index is 1.99. The van der Waals surface area contributed by atoms with Crippen LogP contribution < -0.4 is 5.32 Å². The Labute approximate surface area is 222 Å². The lowest BCUT2D eigenvalue weighted by Crippen LogP contribution is -2.51. The first-order valence-corrected chi connectivity index (χ1v) is 12.8. The van der Waals surface area contributed by atoms with E-state index in [4.69, 9.17) is 34.8 Å². The van der Waals surface area contributed by atoms with E-state index in [1.54, 1.807) is 29.2 Å². The zero-order chi connectivity index (χ0) is 25.2. The van der Waals surface area contributed by atoms with Crippen LogP contribution in [0.5, 0.6) is 0 Å². The lowest BCUT2D eigenvalue weighted by Gasteiger charge is -2.32. The smallest absolute Gasteiger partial charge is 0.243 e. The van der Waals surface area contributed by atoms with Gasteiger partial charge in [0.1, 0.15) is 6.04 Å².